The summed E-state index contributed by atoms with van der Waals surface area (Å²) >= 11 is 7.72. The Bertz CT molecular complexity index is 1190. The second kappa shape index (κ2) is 7.53. The van der Waals surface area contributed by atoms with E-state index in [4.69, 9.17) is 11.6 Å². The molecule has 4 rings (SSSR count). The normalized spacial score (nSPS) is 15.6. The minimum absolute atomic E-state index is 0.0964. The third-order valence-electron chi connectivity index (χ3n) is 4.58. The van der Waals surface area contributed by atoms with Crippen LogP contribution in [0.25, 0.3) is 17.0 Å². The minimum atomic E-state index is -1.03. The molecule has 2 N–H and O–H groups in total. The number of rotatable bonds is 4. The molecule has 1 aromatic heterocycles. The maximum atomic E-state index is 13.4. The predicted octanol–water partition coefficient (Wildman–Crippen LogP) is 4.91. The standard InChI is InChI=1S/C20H14ClF2N3O2S/c1-29-18-13(21)4-3-12-11(8-24-17(12)18)7-16-19(27)26(20(28)25-16)9-10-2-5-14(22)15(23)6-10/h2-8,24H,9H2,1H3,(H,25,28)/b16-7-. The lowest BCUT2D eigenvalue weighted by molar-refractivity contribution is -0.123. The molecule has 0 spiro atoms. The zero-order chi connectivity index (χ0) is 20.7. The summed E-state index contributed by atoms with van der Waals surface area (Å²) in [5.41, 5.74) is 1.96. The smallest absolute Gasteiger partial charge is 0.329 e. The molecule has 29 heavy (non-hydrogen) atoms. The van der Waals surface area contributed by atoms with Gasteiger partial charge >= 0.3 is 6.03 Å². The van der Waals surface area contributed by atoms with Gasteiger partial charge in [-0.1, -0.05) is 23.7 Å². The molecule has 1 fully saturated rings. The number of nitrogens with one attached hydrogen (secondary N) is 2. The molecule has 5 nitrogen and oxygen atoms in total. The molecule has 148 valence electrons. The van der Waals surface area contributed by atoms with E-state index in [1.807, 2.05) is 12.3 Å². The van der Waals surface area contributed by atoms with Gasteiger partial charge in [0.25, 0.3) is 5.91 Å². The van der Waals surface area contributed by atoms with Gasteiger partial charge in [0, 0.05) is 22.0 Å². The summed E-state index contributed by atoms with van der Waals surface area (Å²) in [7, 11) is 0. The van der Waals surface area contributed by atoms with E-state index in [9.17, 15) is 18.4 Å². The fraction of sp³-hybridized carbons (Fsp3) is 0.100. The van der Waals surface area contributed by atoms with Crippen molar-refractivity contribution in [3.63, 3.8) is 0 Å². The highest BCUT2D eigenvalue weighted by Gasteiger charge is 2.33. The Balaban J connectivity index is 1.64. The van der Waals surface area contributed by atoms with Crippen LogP contribution in [0, 0.1) is 11.6 Å². The van der Waals surface area contributed by atoms with E-state index in [1.54, 1.807) is 18.3 Å². The number of amides is 3. The number of nitrogens with zero attached hydrogens (tertiary/aromatic N) is 1. The first kappa shape index (κ1) is 19.5. The molecule has 0 radical (unpaired) electrons. The number of hydrogen-bond acceptors (Lipinski definition) is 3. The van der Waals surface area contributed by atoms with Crippen molar-refractivity contribution >= 4 is 52.3 Å². The van der Waals surface area contributed by atoms with Gasteiger partial charge in [-0.3, -0.25) is 9.69 Å². The van der Waals surface area contributed by atoms with E-state index < -0.39 is 23.6 Å². The van der Waals surface area contributed by atoms with Crippen LogP contribution < -0.4 is 5.32 Å². The van der Waals surface area contributed by atoms with Crippen molar-refractivity contribution in [3.05, 3.63) is 70.0 Å². The van der Waals surface area contributed by atoms with Gasteiger partial charge in [0.05, 0.1) is 17.1 Å². The molecule has 2 heterocycles. The largest absolute Gasteiger partial charge is 0.360 e. The van der Waals surface area contributed by atoms with Crippen LogP contribution >= 0.6 is 23.4 Å². The van der Waals surface area contributed by atoms with Gasteiger partial charge in [-0.2, -0.15) is 0 Å². The summed E-state index contributed by atoms with van der Waals surface area (Å²) in [5.74, 6) is -2.57. The number of benzene rings is 2. The van der Waals surface area contributed by atoms with Crippen LogP contribution in [0.3, 0.4) is 0 Å². The third-order valence-corrected chi connectivity index (χ3v) is 5.84. The number of aromatic nitrogens is 1. The number of hydrogen-bond donors (Lipinski definition) is 2. The number of H-pyrrole nitrogens is 1. The van der Waals surface area contributed by atoms with Crippen LogP contribution in [0.1, 0.15) is 11.1 Å². The molecule has 0 unspecified atom stereocenters. The van der Waals surface area contributed by atoms with Gasteiger partial charge in [0.2, 0.25) is 0 Å². The minimum Gasteiger partial charge on any atom is -0.360 e. The highest BCUT2D eigenvalue weighted by molar-refractivity contribution is 7.99. The third kappa shape index (κ3) is 3.49. The maximum Gasteiger partial charge on any atom is 0.329 e. The monoisotopic (exact) mass is 433 g/mol. The Kier molecular flexibility index (Phi) is 5.06. The number of halogens is 3. The van der Waals surface area contributed by atoms with E-state index in [1.165, 1.54) is 17.8 Å². The fourth-order valence-electron chi connectivity index (χ4n) is 3.18. The van der Waals surface area contributed by atoms with E-state index in [-0.39, 0.29) is 12.2 Å². The molecular formula is C20H14ClF2N3O2S. The summed E-state index contributed by atoms with van der Waals surface area (Å²) in [5, 5.41) is 4.00. The van der Waals surface area contributed by atoms with Crippen molar-refractivity contribution in [2.24, 2.45) is 0 Å². The molecule has 0 saturated carbocycles. The van der Waals surface area contributed by atoms with E-state index >= 15 is 0 Å². The predicted molar refractivity (Wildman–Crippen MR) is 109 cm³/mol. The zero-order valence-corrected chi connectivity index (χ0v) is 16.6. The first-order valence-corrected chi connectivity index (χ1v) is 10.1. The second-order valence-corrected chi connectivity index (χ2v) is 7.60. The first-order chi connectivity index (χ1) is 13.9. The molecule has 1 aliphatic heterocycles. The molecule has 3 aromatic rings. The summed E-state index contributed by atoms with van der Waals surface area (Å²) < 4.78 is 26.5. The Labute approximate surface area is 173 Å². The van der Waals surface area contributed by atoms with Crippen LogP contribution in [0.4, 0.5) is 13.6 Å². The van der Waals surface area contributed by atoms with Crippen molar-refractivity contribution in [2.75, 3.05) is 6.26 Å². The van der Waals surface area contributed by atoms with Gasteiger partial charge in [-0.05, 0) is 36.1 Å². The number of imide groups is 1. The number of urea groups is 1. The molecule has 0 atom stereocenters. The van der Waals surface area contributed by atoms with Gasteiger partial charge in [-0.25, -0.2) is 13.6 Å². The Hall–Kier alpha value is -2.84. The number of thioether (sulfide) groups is 1. The van der Waals surface area contributed by atoms with Gasteiger partial charge < -0.3 is 10.3 Å². The number of carbonyl (C=O) groups is 2. The summed E-state index contributed by atoms with van der Waals surface area (Å²) in [4.78, 5) is 29.9. The Morgan fingerprint density at radius 1 is 1.17 bits per heavy atom. The lowest BCUT2D eigenvalue weighted by Crippen LogP contribution is -2.30. The Morgan fingerprint density at radius 3 is 2.69 bits per heavy atom. The Morgan fingerprint density at radius 2 is 1.97 bits per heavy atom. The van der Waals surface area contributed by atoms with Crippen molar-refractivity contribution in [3.8, 4) is 0 Å². The van der Waals surface area contributed by atoms with E-state index in [2.05, 4.69) is 10.3 Å². The highest BCUT2D eigenvalue weighted by Crippen LogP contribution is 2.34. The molecular weight excluding hydrogens is 420 g/mol. The van der Waals surface area contributed by atoms with Crippen molar-refractivity contribution in [1.29, 1.82) is 0 Å². The molecule has 1 saturated heterocycles. The summed E-state index contributed by atoms with van der Waals surface area (Å²) in [6.07, 6.45) is 5.21. The molecule has 0 bridgehead atoms. The number of aromatic amines is 1. The van der Waals surface area contributed by atoms with Crippen molar-refractivity contribution < 1.29 is 18.4 Å². The molecule has 2 aromatic carbocycles. The van der Waals surface area contributed by atoms with Gasteiger partial charge in [0.1, 0.15) is 5.70 Å². The van der Waals surface area contributed by atoms with Crippen LogP contribution in [-0.2, 0) is 11.3 Å². The van der Waals surface area contributed by atoms with Crippen LogP contribution in [0.5, 0.6) is 0 Å². The SMILES string of the molecule is CSc1c(Cl)ccc2c(/C=C3\NC(=O)N(Cc4ccc(F)c(F)c4)C3=O)c[nH]c12. The van der Waals surface area contributed by atoms with Crippen molar-refractivity contribution in [1.82, 2.24) is 15.2 Å². The zero-order valence-electron chi connectivity index (χ0n) is 15.1. The van der Waals surface area contributed by atoms with Crippen molar-refractivity contribution in [2.45, 2.75) is 11.4 Å². The average molecular weight is 434 g/mol. The highest BCUT2D eigenvalue weighted by atomic mass is 35.5. The van der Waals surface area contributed by atoms with E-state index in [0.717, 1.165) is 32.8 Å². The van der Waals surface area contributed by atoms with Crippen LogP contribution in [0.15, 0.2) is 47.1 Å². The maximum absolute atomic E-state index is 13.4. The molecule has 3 amide bonds. The fourth-order valence-corrected chi connectivity index (χ4v) is 4.20. The number of fused-ring (bicyclic) bond motifs is 1. The molecule has 1 aliphatic rings. The van der Waals surface area contributed by atoms with Gasteiger partial charge in [0.15, 0.2) is 11.6 Å². The average Bonchev–Trinajstić information content (AvgIpc) is 3.21. The quantitative estimate of drug-likeness (QED) is 0.349. The molecule has 0 aliphatic carbocycles. The van der Waals surface area contributed by atoms with Crippen LogP contribution in [-0.4, -0.2) is 28.1 Å². The summed E-state index contributed by atoms with van der Waals surface area (Å²) in [6, 6.07) is 6.23. The molecule has 9 heteroatoms. The number of carbonyl (C=O) groups excluding carboxylic acids is 2. The first-order valence-electron chi connectivity index (χ1n) is 8.51. The van der Waals surface area contributed by atoms with E-state index in [0.29, 0.717) is 16.1 Å². The second-order valence-electron chi connectivity index (χ2n) is 6.38. The lowest BCUT2D eigenvalue weighted by Gasteiger charge is -2.11. The van der Waals surface area contributed by atoms with Crippen LogP contribution in [0.2, 0.25) is 5.02 Å². The van der Waals surface area contributed by atoms with Gasteiger partial charge in [-0.15, -0.1) is 11.8 Å². The topological polar surface area (TPSA) is 65.2 Å². The summed E-state index contributed by atoms with van der Waals surface area (Å²) in [6.45, 7) is -0.167. The lowest BCUT2D eigenvalue weighted by atomic mass is 10.1.